The highest BCUT2D eigenvalue weighted by Crippen LogP contribution is 2.33. The van der Waals surface area contributed by atoms with Gasteiger partial charge in [-0.15, -0.1) is 12.6 Å². The monoisotopic (exact) mass is 431 g/mol. The lowest BCUT2D eigenvalue weighted by Gasteiger charge is -2.34. The molecule has 3 atom stereocenters. The van der Waals surface area contributed by atoms with Gasteiger partial charge >= 0.3 is 6.03 Å². The zero-order valence-corrected chi connectivity index (χ0v) is 18.0. The number of urea groups is 1. The summed E-state index contributed by atoms with van der Waals surface area (Å²) in [5.41, 5.74) is 0. The molecule has 152 valence electrons. The van der Waals surface area contributed by atoms with Crippen LogP contribution < -0.4 is 16.0 Å². The molecule has 3 aliphatic rings. The summed E-state index contributed by atoms with van der Waals surface area (Å²) in [6.45, 7) is 5.32. The predicted octanol–water partition coefficient (Wildman–Crippen LogP) is 0.661. The van der Waals surface area contributed by atoms with Gasteiger partial charge in [-0.1, -0.05) is 18.6 Å². The van der Waals surface area contributed by atoms with Crippen LogP contribution in [-0.4, -0.2) is 88.4 Å². The fourth-order valence-corrected chi connectivity index (χ4v) is 5.80. The van der Waals surface area contributed by atoms with Crippen LogP contribution in [0.25, 0.3) is 0 Å². The van der Waals surface area contributed by atoms with E-state index in [0.717, 1.165) is 57.7 Å². The molecule has 10 heteroatoms. The molecule has 0 spiro atoms. The molecule has 3 unspecified atom stereocenters. The van der Waals surface area contributed by atoms with Crippen molar-refractivity contribution < 1.29 is 9.59 Å². The molecule has 3 saturated heterocycles. The maximum absolute atomic E-state index is 12.0. The summed E-state index contributed by atoms with van der Waals surface area (Å²) in [5, 5.41) is 9.48. The minimum atomic E-state index is -0.0376. The van der Waals surface area contributed by atoms with Gasteiger partial charge in [-0.2, -0.15) is 11.8 Å². The summed E-state index contributed by atoms with van der Waals surface area (Å²) in [6.07, 6.45) is 3.56. The van der Waals surface area contributed by atoms with Crippen molar-refractivity contribution in [2.75, 3.05) is 45.0 Å². The van der Waals surface area contributed by atoms with Gasteiger partial charge in [0.25, 0.3) is 0 Å². The van der Waals surface area contributed by atoms with Crippen LogP contribution in [0.1, 0.15) is 25.7 Å². The van der Waals surface area contributed by atoms with Gasteiger partial charge < -0.3 is 20.9 Å². The molecule has 0 aromatic carbocycles. The Hall–Kier alpha value is -0.710. The molecule has 0 bridgehead atoms. The number of thiol groups is 1. The third-order valence-electron chi connectivity index (χ3n) is 5.47. The van der Waals surface area contributed by atoms with E-state index in [2.05, 4.69) is 38.4 Å². The third-order valence-corrected chi connectivity index (χ3v) is 7.52. The molecule has 7 nitrogen and oxygen atoms in total. The van der Waals surface area contributed by atoms with E-state index in [1.54, 1.807) is 0 Å². The molecule has 3 rings (SSSR count). The zero-order chi connectivity index (χ0) is 19.2. The summed E-state index contributed by atoms with van der Waals surface area (Å²) in [6, 6.07) is 0.499. The molecule has 0 aromatic heterocycles. The molecular weight excluding hydrogens is 402 g/mol. The van der Waals surface area contributed by atoms with Gasteiger partial charge in [-0.05, 0) is 12.8 Å². The van der Waals surface area contributed by atoms with Gasteiger partial charge in [0, 0.05) is 56.7 Å². The van der Waals surface area contributed by atoms with E-state index in [-0.39, 0.29) is 24.0 Å². The molecule has 3 heterocycles. The SMILES string of the molecule is O=C(CCCCC1SCC2NC(=O)NC21)NCCN1CCN(C(=S)S)CC1. The Bertz CT molecular complexity index is 557. The average molecular weight is 432 g/mol. The first-order valence-electron chi connectivity index (χ1n) is 9.68. The standard InChI is InChI=1S/C17H29N5O2S3/c23-14(18-5-6-21-7-9-22(10-8-21)17(25)26)4-2-1-3-13-15-12(11-27-13)19-16(24)20-15/h12-13,15H,1-11H2,(H,18,23)(H,25,26)(H2,19,20,24). The van der Waals surface area contributed by atoms with Crippen molar-refractivity contribution in [1.82, 2.24) is 25.8 Å². The van der Waals surface area contributed by atoms with E-state index < -0.39 is 0 Å². The number of carbonyl (C=O) groups is 2. The van der Waals surface area contributed by atoms with Crippen LogP contribution in [0.5, 0.6) is 0 Å². The van der Waals surface area contributed by atoms with Crippen LogP contribution in [0, 0.1) is 0 Å². The lowest BCUT2D eigenvalue weighted by molar-refractivity contribution is -0.121. The molecule has 3 amide bonds. The van der Waals surface area contributed by atoms with Crippen molar-refractivity contribution in [2.45, 2.75) is 43.0 Å². The first kappa shape index (κ1) is 21.0. The summed E-state index contributed by atoms with van der Waals surface area (Å²) >= 11 is 11.2. The summed E-state index contributed by atoms with van der Waals surface area (Å²) in [7, 11) is 0. The van der Waals surface area contributed by atoms with Gasteiger partial charge in [0.1, 0.15) is 4.32 Å². The Morgan fingerprint density at radius 3 is 2.78 bits per heavy atom. The summed E-state index contributed by atoms with van der Waals surface area (Å²) < 4.78 is 0.668. The average Bonchev–Trinajstić information content (AvgIpc) is 3.18. The Labute approximate surface area is 176 Å². The number of thioether (sulfide) groups is 1. The minimum Gasteiger partial charge on any atom is -0.355 e. The molecule has 0 radical (unpaired) electrons. The molecule has 3 aliphatic heterocycles. The molecule has 3 N–H and O–H groups in total. The highest BCUT2D eigenvalue weighted by atomic mass is 32.2. The van der Waals surface area contributed by atoms with Crippen LogP contribution in [0.2, 0.25) is 0 Å². The lowest BCUT2D eigenvalue weighted by atomic mass is 10.0. The Balaban J connectivity index is 1.20. The van der Waals surface area contributed by atoms with Gasteiger partial charge in [-0.3, -0.25) is 9.69 Å². The van der Waals surface area contributed by atoms with Crippen LogP contribution in [-0.2, 0) is 4.79 Å². The maximum atomic E-state index is 12.0. The van der Waals surface area contributed by atoms with Crippen molar-refractivity contribution in [3.05, 3.63) is 0 Å². The highest BCUT2D eigenvalue weighted by Gasteiger charge is 2.42. The van der Waals surface area contributed by atoms with Crippen LogP contribution in [0.4, 0.5) is 4.79 Å². The number of nitrogens with one attached hydrogen (secondary N) is 3. The number of hydrogen-bond acceptors (Lipinski definition) is 5. The van der Waals surface area contributed by atoms with Crippen molar-refractivity contribution in [3.8, 4) is 0 Å². The maximum Gasteiger partial charge on any atom is 0.315 e. The number of amides is 3. The number of fused-ring (bicyclic) bond motifs is 1. The molecule has 0 saturated carbocycles. The number of unbranched alkanes of at least 4 members (excludes halogenated alkanes) is 1. The molecule has 27 heavy (non-hydrogen) atoms. The van der Waals surface area contributed by atoms with Crippen molar-refractivity contribution in [3.63, 3.8) is 0 Å². The highest BCUT2D eigenvalue weighted by molar-refractivity contribution is 8.10. The number of nitrogens with zero attached hydrogens (tertiary/aromatic N) is 2. The van der Waals surface area contributed by atoms with Crippen LogP contribution >= 0.6 is 36.6 Å². The molecular formula is C17H29N5O2S3. The van der Waals surface area contributed by atoms with E-state index in [9.17, 15) is 9.59 Å². The second-order valence-electron chi connectivity index (χ2n) is 7.33. The second-order valence-corrected chi connectivity index (χ2v) is 9.71. The van der Waals surface area contributed by atoms with Crippen molar-refractivity contribution in [1.29, 1.82) is 0 Å². The smallest absolute Gasteiger partial charge is 0.315 e. The fourth-order valence-electron chi connectivity index (χ4n) is 3.88. The van der Waals surface area contributed by atoms with E-state index in [1.165, 1.54) is 0 Å². The number of carbonyl (C=O) groups excluding carboxylic acids is 2. The summed E-state index contributed by atoms with van der Waals surface area (Å²) in [5.74, 6) is 1.13. The third kappa shape index (κ3) is 6.13. The topological polar surface area (TPSA) is 76.7 Å². The largest absolute Gasteiger partial charge is 0.355 e. The normalized spacial score (nSPS) is 27.8. The van der Waals surface area contributed by atoms with Crippen LogP contribution in [0.3, 0.4) is 0 Å². The van der Waals surface area contributed by atoms with E-state index in [0.29, 0.717) is 22.5 Å². The van der Waals surface area contributed by atoms with E-state index in [1.807, 2.05) is 11.8 Å². The van der Waals surface area contributed by atoms with Crippen molar-refractivity contribution >= 4 is 52.9 Å². The number of thiocarbonyl (C=S) groups is 1. The van der Waals surface area contributed by atoms with Gasteiger partial charge in [-0.25, -0.2) is 4.79 Å². The fraction of sp³-hybridized carbons (Fsp3) is 0.824. The Kier molecular flexibility index (Phi) is 7.92. The predicted molar refractivity (Wildman–Crippen MR) is 117 cm³/mol. The molecule has 3 fully saturated rings. The van der Waals surface area contributed by atoms with Gasteiger partial charge in [0.05, 0.1) is 12.1 Å². The Morgan fingerprint density at radius 1 is 1.26 bits per heavy atom. The van der Waals surface area contributed by atoms with E-state index >= 15 is 0 Å². The van der Waals surface area contributed by atoms with Crippen LogP contribution in [0.15, 0.2) is 0 Å². The molecule has 0 aromatic rings. The van der Waals surface area contributed by atoms with Gasteiger partial charge in [0.15, 0.2) is 0 Å². The number of rotatable bonds is 8. The Morgan fingerprint density at radius 2 is 2.04 bits per heavy atom. The summed E-state index contributed by atoms with van der Waals surface area (Å²) in [4.78, 5) is 27.8. The number of hydrogen-bond donors (Lipinski definition) is 4. The zero-order valence-electron chi connectivity index (χ0n) is 15.5. The number of piperazine rings is 1. The van der Waals surface area contributed by atoms with Gasteiger partial charge in [0.2, 0.25) is 5.91 Å². The molecule has 0 aliphatic carbocycles. The quantitative estimate of drug-likeness (QED) is 0.196. The first-order chi connectivity index (χ1) is 13.0. The minimum absolute atomic E-state index is 0.0376. The van der Waals surface area contributed by atoms with Crippen molar-refractivity contribution in [2.24, 2.45) is 0 Å². The van der Waals surface area contributed by atoms with E-state index in [4.69, 9.17) is 12.2 Å². The lowest BCUT2D eigenvalue weighted by Crippen LogP contribution is -2.49. The first-order valence-corrected chi connectivity index (χ1v) is 11.6. The second kappa shape index (κ2) is 10.2.